The molecule has 2 aromatic carbocycles. The molecule has 1 aromatic heterocycles. The molecule has 8 nitrogen and oxygen atoms in total. The highest BCUT2D eigenvalue weighted by Gasteiger charge is 2.22. The standard InChI is InChI=1S/C25H32N4O4S/c1-33-24-6-5-21(27-17-34(2,31)32)15-19(24)7-11-28-12-9-22(10-13-28)29-14-8-18-3-4-20(25(26)30)16-23(18)29/h3-6,8,14-16,22,27H,7,9-13,17H2,1-2H3,(H2,26,30). The Morgan fingerprint density at radius 2 is 1.91 bits per heavy atom. The second-order valence-electron chi connectivity index (χ2n) is 8.96. The number of piperidine rings is 1. The van der Waals surface area contributed by atoms with E-state index in [0.717, 1.165) is 66.8 Å². The summed E-state index contributed by atoms with van der Waals surface area (Å²) < 4.78 is 30.7. The molecule has 2 heterocycles. The molecular formula is C25H32N4O4S. The maximum atomic E-state index is 11.6. The lowest BCUT2D eigenvalue weighted by Crippen LogP contribution is -2.35. The summed E-state index contributed by atoms with van der Waals surface area (Å²) in [7, 11) is -1.45. The van der Waals surface area contributed by atoms with Crippen molar-refractivity contribution < 1.29 is 17.9 Å². The third kappa shape index (κ3) is 5.71. The van der Waals surface area contributed by atoms with Gasteiger partial charge in [-0.3, -0.25) is 4.79 Å². The van der Waals surface area contributed by atoms with Crippen molar-refractivity contribution in [1.82, 2.24) is 9.47 Å². The minimum atomic E-state index is -3.10. The third-order valence-corrected chi connectivity index (χ3v) is 7.14. The number of anilines is 1. The average molecular weight is 485 g/mol. The Labute approximate surface area is 200 Å². The van der Waals surface area contributed by atoms with E-state index in [1.54, 1.807) is 13.2 Å². The summed E-state index contributed by atoms with van der Waals surface area (Å²) in [4.78, 5) is 14.1. The molecule has 3 N–H and O–H groups in total. The number of methoxy groups -OCH3 is 1. The lowest BCUT2D eigenvalue weighted by atomic mass is 10.0. The molecule has 1 aliphatic rings. The number of likely N-dealkylation sites (tertiary alicyclic amines) is 1. The second-order valence-corrected chi connectivity index (χ2v) is 11.1. The third-order valence-electron chi connectivity index (χ3n) is 6.47. The van der Waals surface area contributed by atoms with E-state index < -0.39 is 15.7 Å². The van der Waals surface area contributed by atoms with Gasteiger partial charge in [0.15, 0.2) is 9.84 Å². The van der Waals surface area contributed by atoms with Crippen LogP contribution in [0.3, 0.4) is 0 Å². The first-order valence-corrected chi connectivity index (χ1v) is 13.5. The maximum absolute atomic E-state index is 11.6. The lowest BCUT2D eigenvalue weighted by molar-refractivity contribution is 0.100. The van der Waals surface area contributed by atoms with Crippen LogP contribution in [0.4, 0.5) is 5.69 Å². The van der Waals surface area contributed by atoms with Gasteiger partial charge in [-0.25, -0.2) is 8.42 Å². The number of nitrogens with zero attached hydrogens (tertiary/aromatic N) is 2. The molecule has 0 radical (unpaired) electrons. The number of carbonyl (C=O) groups excluding carboxylic acids is 1. The predicted octanol–water partition coefficient (Wildman–Crippen LogP) is 3.04. The number of aromatic nitrogens is 1. The molecule has 0 saturated carbocycles. The molecule has 0 aliphatic carbocycles. The number of fused-ring (bicyclic) bond motifs is 1. The Morgan fingerprint density at radius 3 is 2.59 bits per heavy atom. The Balaban J connectivity index is 1.37. The Bertz CT molecular complexity index is 1280. The zero-order valence-electron chi connectivity index (χ0n) is 19.7. The first kappa shape index (κ1) is 24.1. The molecular weight excluding hydrogens is 452 g/mol. The van der Waals surface area contributed by atoms with E-state index in [1.807, 2.05) is 30.3 Å². The van der Waals surface area contributed by atoms with Gasteiger partial charge in [-0.15, -0.1) is 0 Å². The van der Waals surface area contributed by atoms with E-state index in [0.29, 0.717) is 11.6 Å². The number of primary amides is 1. The molecule has 0 bridgehead atoms. The number of ether oxygens (including phenoxy) is 1. The summed E-state index contributed by atoms with van der Waals surface area (Å²) in [6.45, 7) is 2.86. The van der Waals surface area contributed by atoms with Crippen LogP contribution < -0.4 is 15.8 Å². The Hall–Kier alpha value is -3.04. The number of hydrogen-bond acceptors (Lipinski definition) is 6. The SMILES string of the molecule is COc1ccc(NCS(C)(=O)=O)cc1CCN1CCC(n2ccc3ccc(C(N)=O)cc32)CC1. The van der Waals surface area contributed by atoms with Crippen LogP contribution in [0.15, 0.2) is 48.7 Å². The predicted molar refractivity (Wildman–Crippen MR) is 135 cm³/mol. The highest BCUT2D eigenvalue weighted by Crippen LogP contribution is 2.29. The van der Waals surface area contributed by atoms with Crippen LogP contribution in [-0.4, -0.2) is 62.7 Å². The Kier molecular flexibility index (Phi) is 7.13. The molecule has 34 heavy (non-hydrogen) atoms. The fraction of sp³-hybridized carbons (Fsp3) is 0.400. The van der Waals surface area contributed by atoms with Crippen molar-refractivity contribution in [2.24, 2.45) is 5.73 Å². The molecule has 1 fully saturated rings. The van der Waals surface area contributed by atoms with Crippen molar-refractivity contribution in [2.45, 2.75) is 25.3 Å². The van der Waals surface area contributed by atoms with Gasteiger partial charge in [0.2, 0.25) is 5.91 Å². The number of amides is 1. The number of hydrogen-bond donors (Lipinski definition) is 2. The highest BCUT2D eigenvalue weighted by molar-refractivity contribution is 7.90. The van der Waals surface area contributed by atoms with Gasteiger partial charge in [0.1, 0.15) is 11.6 Å². The van der Waals surface area contributed by atoms with Crippen LogP contribution in [0.1, 0.15) is 34.8 Å². The van der Waals surface area contributed by atoms with E-state index in [1.165, 1.54) is 6.26 Å². The summed E-state index contributed by atoms with van der Waals surface area (Å²) >= 11 is 0. The molecule has 1 aliphatic heterocycles. The minimum absolute atomic E-state index is 0.0959. The number of nitrogens with one attached hydrogen (secondary N) is 1. The van der Waals surface area contributed by atoms with Crippen LogP contribution in [0, 0.1) is 0 Å². The van der Waals surface area contributed by atoms with Crippen LogP contribution in [0.2, 0.25) is 0 Å². The van der Waals surface area contributed by atoms with Gasteiger partial charge in [-0.2, -0.15) is 0 Å². The molecule has 1 saturated heterocycles. The largest absolute Gasteiger partial charge is 0.496 e. The fourth-order valence-electron chi connectivity index (χ4n) is 4.62. The van der Waals surface area contributed by atoms with Crippen molar-refractivity contribution in [2.75, 3.05) is 44.2 Å². The van der Waals surface area contributed by atoms with Gasteiger partial charge in [0.25, 0.3) is 0 Å². The van der Waals surface area contributed by atoms with Crippen molar-refractivity contribution in [1.29, 1.82) is 0 Å². The average Bonchev–Trinajstić information content (AvgIpc) is 3.24. The molecule has 1 amide bonds. The van der Waals surface area contributed by atoms with E-state index in [-0.39, 0.29) is 5.88 Å². The number of sulfone groups is 1. The summed E-state index contributed by atoms with van der Waals surface area (Å²) in [5, 5.41) is 4.09. The topological polar surface area (TPSA) is 107 Å². The zero-order valence-corrected chi connectivity index (χ0v) is 20.5. The van der Waals surface area contributed by atoms with Crippen LogP contribution >= 0.6 is 0 Å². The second kappa shape index (κ2) is 10.1. The summed E-state index contributed by atoms with van der Waals surface area (Å²) in [5.41, 5.74) is 8.89. The van der Waals surface area contributed by atoms with Gasteiger partial charge < -0.3 is 25.3 Å². The van der Waals surface area contributed by atoms with Gasteiger partial charge in [-0.1, -0.05) is 6.07 Å². The van der Waals surface area contributed by atoms with Gasteiger partial charge in [-0.05, 0) is 66.6 Å². The molecule has 0 spiro atoms. The van der Waals surface area contributed by atoms with E-state index in [9.17, 15) is 13.2 Å². The van der Waals surface area contributed by atoms with E-state index in [2.05, 4.69) is 27.0 Å². The van der Waals surface area contributed by atoms with Crippen LogP contribution in [-0.2, 0) is 16.3 Å². The van der Waals surface area contributed by atoms with Crippen molar-refractivity contribution >= 4 is 32.3 Å². The van der Waals surface area contributed by atoms with E-state index >= 15 is 0 Å². The first-order valence-electron chi connectivity index (χ1n) is 11.4. The Morgan fingerprint density at radius 1 is 1.15 bits per heavy atom. The molecule has 9 heteroatoms. The monoisotopic (exact) mass is 484 g/mol. The van der Waals surface area contributed by atoms with Gasteiger partial charge in [0.05, 0.1) is 7.11 Å². The minimum Gasteiger partial charge on any atom is -0.496 e. The molecule has 182 valence electrons. The molecule has 3 aromatic rings. The molecule has 0 atom stereocenters. The first-order chi connectivity index (χ1) is 16.2. The normalized spacial score (nSPS) is 15.5. The van der Waals surface area contributed by atoms with Crippen LogP contribution in [0.5, 0.6) is 5.75 Å². The van der Waals surface area contributed by atoms with Crippen molar-refractivity contribution in [3.63, 3.8) is 0 Å². The maximum Gasteiger partial charge on any atom is 0.248 e. The summed E-state index contributed by atoms with van der Waals surface area (Å²) in [6.07, 6.45) is 6.18. The number of benzene rings is 2. The lowest BCUT2D eigenvalue weighted by Gasteiger charge is -2.33. The zero-order chi connectivity index (χ0) is 24.3. The number of nitrogens with two attached hydrogens (primary N) is 1. The van der Waals surface area contributed by atoms with Crippen molar-refractivity contribution in [3.05, 3.63) is 59.8 Å². The van der Waals surface area contributed by atoms with Crippen LogP contribution in [0.25, 0.3) is 10.9 Å². The highest BCUT2D eigenvalue weighted by atomic mass is 32.2. The molecule has 4 rings (SSSR count). The van der Waals surface area contributed by atoms with Gasteiger partial charge in [0, 0.05) is 54.9 Å². The molecule has 0 unspecified atom stereocenters. The summed E-state index contributed by atoms with van der Waals surface area (Å²) in [6, 6.07) is 13.8. The number of rotatable bonds is 9. The smallest absolute Gasteiger partial charge is 0.248 e. The fourth-order valence-corrected chi connectivity index (χ4v) is 5.05. The van der Waals surface area contributed by atoms with Crippen molar-refractivity contribution in [3.8, 4) is 5.75 Å². The summed E-state index contributed by atoms with van der Waals surface area (Å²) in [5.74, 6) is 0.306. The quantitative estimate of drug-likeness (QED) is 0.484. The van der Waals surface area contributed by atoms with E-state index in [4.69, 9.17) is 10.5 Å². The number of carbonyl (C=O) groups is 1. The van der Waals surface area contributed by atoms with Gasteiger partial charge >= 0.3 is 0 Å².